The number of rotatable bonds is 1. The number of nitrogens with one attached hydrogen (secondary N) is 2. The van der Waals surface area contributed by atoms with Gasteiger partial charge in [0.2, 0.25) is 0 Å². The van der Waals surface area contributed by atoms with Gasteiger partial charge in [0.15, 0.2) is 0 Å². The molecular weight excluding hydrogens is 254 g/mol. The van der Waals surface area contributed by atoms with Crippen molar-refractivity contribution < 1.29 is 4.74 Å². The second-order valence-electron chi connectivity index (χ2n) is 5.21. The summed E-state index contributed by atoms with van der Waals surface area (Å²) >= 11 is 0. The summed E-state index contributed by atoms with van der Waals surface area (Å²) < 4.78 is 5.67. The average molecular weight is 269 g/mol. The molecule has 5 nitrogen and oxygen atoms in total. The highest BCUT2D eigenvalue weighted by atomic mass is 16.5. The molecule has 0 spiro atoms. The number of fused-ring (bicyclic) bond motifs is 2. The van der Waals surface area contributed by atoms with Crippen molar-refractivity contribution in [2.24, 2.45) is 0 Å². The highest BCUT2D eigenvalue weighted by Gasteiger charge is 2.28. The number of ether oxygens (including phenoxy) is 1. The van der Waals surface area contributed by atoms with Crippen LogP contribution in [0.15, 0.2) is 29.1 Å². The van der Waals surface area contributed by atoms with Gasteiger partial charge in [0.25, 0.3) is 5.56 Å². The van der Waals surface area contributed by atoms with Crippen LogP contribution in [0.25, 0.3) is 0 Å². The number of benzene rings is 1. The fourth-order valence-corrected chi connectivity index (χ4v) is 2.92. The summed E-state index contributed by atoms with van der Waals surface area (Å²) in [5.74, 6) is 2.31. The largest absolute Gasteiger partial charge is 0.492 e. The monoisotopic (exact) mass is 269 g/mol. The average Bonchev–Trinajstić information content (AvgIpc) is 2.91. The summed E-state index contributed by atoms with van der Waals surface area (Å²) in [7, 11) is 0. The fraction of sp³-hybridized carbons (Fsp3) is 0.333. The molecule has 1 atom stereocenters. The zero-order valence-corrected chi connectivity index (χ0v) is 11.0. The first kappa shape index (κ1) is 11.5. The number of para-hydroxylation sites is 1. The van der Waals surface area contributed by atoms with Crippen molar-refractivity contribution in [3.8, 4) is 5.75 Å². The lowest BCUT2D eigenvalue weighted by Crippen LogP contribution is -2.26. The van der Waals surface area contributed by atoms with Crippen LogP contribution >= 0.6 is 0 Å². The molecule has 2 aromatic rings. The molecule has 0 aliphatic carbocycles. The van der Waals surface area contributed by atoms with Crippen LogP contribution in [-0.4, -0.2) is 23.1 Å². The lowest BCUT2D eigenvalue weighted by atomic mass is 10.00. The summed E-state index contributed by atoms with van der Waals surface area (Å²) in [6.07, 6.45) is 1.77. The third-order valence-corrected chi connectivity index (χ3v) is 3.96. The second-order valence-corrected chi connectivity index (χ2v) is 5.21. The minimum atomic E-state index is -0.0263. The Labute approximate surface area is 116 Å². The molecule has 0 saturated carbocycles. The first-order valence-electron chi connectivity index (χ1n) is 6.91. The van der Waals surface area contributed by atoms with E-state index in [-0.39, 0.29) is 11.5 Å². The topological polar surface area (TPSA) is 67.0 Å². The van der Waals surface area contributed by atoms with E-state index < -0.39 is 0 Å². The number of H-pyrrole nitrogens is 1. The molecule has 0 bridgehead atoms. The molecule has 2 N–H and O–H groups in total. The van der Waals surface area contributed by atoms with Crippen LogP contribution in [0.3, 0.4) is 0 Å². The van der Waals surface area contributed by atoms with Gasteiger partial charge in [-0.1, -0.05) is 18.2 Å². The minimum Gasteiger partial charge on any atom is -0.492 e. The van der Waals surface area contributed by atoms with Gasteiger partial charge in [0.1, 0.15) is 24.0 Å². The SMILES string of the molecule is O=c1[nH]c(C2COc3ccccc32)nc2c1CCCN2. The Morgan fingerprint density at radius 2 is 2.20 bits per heavy atom. The third-order valence-electron chi connectivity index (χ3n) is 3.96. The normalized spacial score (nSPS) is 19.7. The van der Waals surface area contributed by atoms with Gasteiger partial charge >= 0.3 is 0 Å². The number of hydrogen-bond acceptors (Lipinski definition) is 4. The molecule has 0 fully saturated rings. The Morgan fingerprint density at radius 3 is 3.15 bits per heavy atom. The van der Waals surface area contributed by atoms with E-state index >= 15 is 0 Å². The molecule has 5 heteroatoms. The molecular formula is C15H15N3O2. The Hall–Kier alpha value is -2.30. The smallest absolute Gasteiger partial charge is 0.256 e. The van der Waals surface area contributed by atoms with Crippen molar-refractivity contribution in [2.75, 3.05) is 18.5 Å². The van der Waals surface area contributed by atoms with Crippen LogP contribution < -0.4 is 15.6 Å². The zero-order valence-electron chi connectivity index (χ0n) is 11.0. The van der Waals surface area contributed by atoms with Crippen molar-refractivity contribution >= 4 is 5.82 Å². The molecule has 2 aliphatic rings. The molecule has 1 aromatic heterocycles. The Bertz CT molecular complexity index is 723. The van der Waals surface area contributed by atoms with Crippen LogP contribution in [0.5, 0.6) is 5.75 Å². The summed E-state index contributed by atoms with van der Waals surface area (Å²) in [4.78, 5) is 19.7. The lowest BCUT2D eigenvalue weighted by Gasteiger charge is -2.18. The van der Waals surface area contributed by atoms with E-state index in [4.69, 9.17) is 4.74 Å². The second kappa shape index (κ2) is 4.37. The van der Waals surface area contributed by atoms with E-state index in [0.29, 0.717) is 12.4 Å². The Morgan fingerprint density at radius 1 is 1.30 bits per heavy atom. The van der Waals surface area contributed by atoms with Crippen molar-refractivity contribution in [3.05, 3.63) is 51.6 Å². The van der Waals surface area contributed by atoms with Gasteiger partial charge in [-0.3, -0.25) is 4.79 Å². The molecule has 0 radical (unpaired) electrons. The predicted molar refractivity (Wildman–Crippen MR) is 75.4 cm³/mol. The van der Waals surface area contributed by atoms with E-state index in [0.717, 1.165) is 42.1 Å². The van der Waals surface area contributed by atoms with Crippen LogP contribution in [0, 0.1) is 0 Å². The lowest BCUT2D eigenvalue weighted by molar-refractivity contribution is 0.339. The van der Waals surface area contributed by atoms with Gasteiger partial charge in [0, 0.05) is 12.1 Å². The Kier molecular flexibility index (Phi) is 2.52. The van der Waals surface area contributed by atoms with Crippen LogP contribution in [0.2, 0.25) is 0 Å². The molecule has 0 amide bonds. The van der Waals surface area contributed by atoms with Gasteiger partial charge in [-0.15, -0.1) is 0 Å². The highest BCUT2D eigenvalue weighted by molar-refractivity contribution is 5.48. The molecule has 2 aliphatic heterocycles. The van der Waals surface area contributed by atoms with Gasteiger partial charge < -0.3 is 15.0 Å². The number of hydrogen-bond donors (Lipinski definition) is 2. The fourth-order valence-electron chi connectivity index (χ4n) is 2.92. The molecule has 1 unspecified atom stereocenters. The number of anilines is 1. The molecule has 0 saturated heterocycles. The van der Waals surface area contributed by atoms with Crippen LogP contribution in [0.1, 0.15) is 29.3 Å². The summed E-state index contributed by atoms with van der Waals surface area (Å²) in [5.41, 5.74) is 1.83. The molecule has 20 heavy (non-hydrogen) atoms. The predicted octanol–water partition coefficient (Wildman–Crippen LogP) is 1.65. The van der Waals surface area contributed by atoms with Gasteiger partial charge in [-0.25, -0.2) is 4.98 Å². The number of aromatic amines is 1. The molecule has 1 aromatic carbocycles. The van der Waals surface area contributed by atoms with Crippen molar-refractivity contribution in [1.82, 2.24) is 9.97 Å². The van der Waals surface area contributed by atoms with Crippen molar-refractivity contribution in [3.63, 3.8) is 0 Å². The first-order valence-corrected chi connectivity index (χ1v) is 6.91. The maximum atomic E-state index is 12.2. The standard InChI is InChI=1S/C15H15N3O2/c19-15-10-5-3-7-16-13(10)17-14(18-15)11-8-20-12-6-2-1-4-9(11)12/h1-2,4,6,11H,3,5,7-8H2,(H2,16,17,18,19). The van der Waals surface area contributed by atoms with E-state index in [2.05, 4.69) is 15.3 Å². The maximum absolute atomic E-state index is 12.2. The summed E-state index contributed by atoms with van der Waals surface area (Å²) in [6.45, 7) is 1.40. The molecule has 102 valence electrons. The van der Waals surface area contributed by atoms with Crippen LogP contribution in [0.4, 0.5) is 5.82 Å². The van der Waals surface area contributed by atoms with E-state index in [1.165, 1.54) is 0 Å². The van der Waals surface area contributed by atoms with Crippen molar-refractivity contribution in [2.45, 2.75) is 18.8 Å². The van der Waals surface area contributed by atoms with Gasteiger partial charge in [0.05, 0.1) is 11.5 Å². The van der Waals surface area contributed by atoms with Crippen LogP contribution in [-0.2, 0) is 6.42 Å². The van der Waals surface area contributed by atoms with Gasteiger partial charge in [-0.2, -0.15) is 0 Å². The summed E-state index contributed by atoms with van der Waals surface area (Å²) in [5, 5.41) is 3.22. The molecule has 4 rings (SSSR count). The Balaban J connectivity index is 1.81. The minimum absolute atomic E-state index is 0.00734. The maximum Gasteiger partial charge on any atom is 0.256 e. The van der Waals surface area contributed by atoms with Gasteiger partial charge in [-0.05, 0) is 18.9 Å². The first-order chi connectivity index (χ1) is 9.83. The number of nitrogens with zero attached hydrogens (tertiary/aromatic N) is 1. The number of aromatic nitrogens is 2. The quantitative estimate of drug-likeness (QED) is 0.826. The third kappa shape index (κ3) is 1.70. The van der Waals surface area contributed by atoms with E-state index in [1.54, 1.807) is 0 Å². The van der Waals surface area contributed by atoms with E-state index in [9.17, 15) is 4.79 Å². The van der Waals surface area contributed by atoms with Crippen molar-refractivity contribution in [1.29, 1.82) is 0 Å². The van der Waals surface area contributed by atoms with E-state index in [1.807, 2.05) is 24.3 Å². The highest BCUT2D eigenvalue weighted by Crippen LogP contribution is 2.36. The molecule has 3 heterocycles. The zero-order chi connectivity index (χ0) is 13.5. The summed E-state index contributed by atoms with van der Waals surface area (Å²) in [6, 6.07) is 7.91.